The smallest absolute Gasteiger partial charge is 0.164 e. The lowest BCUT2D eigenvalue weighted by molar-refractivity contribution is 1.07. The molecule has 0 aliphatic carbocycles. The van der Waals surface area contributed by atoms with Gasteiger partial charge in [0.25, 0.3) is 0 Å². The zero-order valence-electron chi connectivity index (χ0n) is 34.9. The lowest BCUT2D eigenvalue weighted by Gasteiger charge is -2.14. The van der Waals surface area contributed by atoms with Gasteiger partial charge in [0.15, 0.2) is 17.5 Å². The van der Waals surface area contributed by atoms with Crippen LogP contribution in [-0.4, -0.2) is 15.0 Å². The van der Waals surface area contributed by atoms with Crippen molar-refractivity contribution >= 4 is 43.1 Å². The standard InChI is InChI=1S/C61H39N3/c1-2-13-44(14-3-1)52-18-10-11-21-56(52)61-63-59(62-60(64-61)48-33-26-43(27-34-48)50-35-28-40-12-4-5-16-49(40)38-50)47-31-24-42(25-32-47)41-22-29-46(30-23-41)58-54-20-9-7-17-51(54)39-57-53-19-8-6-15-45(53)36-37-55(57)58/h1-39H. The molecule has 0 radical (unpaired) electrons. The Bertz CT molecular complexity index is 3690. The third-order valence-electron chi connectivity index (χ3n) is 12.5. The summed E-state index contributed by atoms with van der Waals surface area (Å²) in [6, 6.07) is 84.3. The fourth-order valence-electron chi connectivity index (χ4n) is 9.26. The Morgan fingerprint density at radius 3 is 1.36 bits per heavy atom. The van der Waals surface area contributed by atoms with Crippen LogP contribution in [-0.2, 0) is 0 Å². The van der Waals surface area contributed by atoms with Gasteiger partial charge in [0, 0.05) is 16.7 Å². The van der Waals surface area contributed by atoms with Crippen LogP contribution in [0.15, 0.2) is 237 Å². The zero-order valence-corrected chi connectivity index (χ0v) is 34.9. The van der Waals surface area contributed by atoms with Crippen LogP contribution in [0.1, 0.15) is 0 Å². The zero-order chi connectivity index (χ0) is 42.4. The molecule has 0 saturated carbocycles. The van der Waals surface area contributed by atoms with Crippen molar-refractivity contribution in [1.82, 2.24) is 15.0 Å². The highest BCUT2D eigenvalue weighted by Gasteiger charge is 2.17. The molecular weight excluding hydrogens is 775 g/mol. The third kappa shape index (κ3) is 6.77. The molecular formula is C61H39N3. The van der Waals surface area contributed by atoms with Gasteiger partial charge in [-0.3, -0.25) is 0 Å². The van der Waals surface area contributed by atoms with Crippen LogP contribution in [0, 0.1) is 0 Å². The number of aromatic nitrogens is 3. The summed E-state index contributed by atoms with van der Waals surface area (Å²) in [7, 11) is 0. The van der Waals surface area contributed by atoms with E-state index in [1.807, 2.05) is 12.1 Å². The quantitative estimate of drug-likeness (QED) is 0.119. The maximum absolute atomic E-state index is 5.17. The molecule has 1 aromatic heterocycles. The van der Waals surface area contributed by atoms with E-state index in [1.165, 1.54) is 59.8 Å². The second kappa shape index (κ2) is 15.7. The van der Waals surface area contributed by atoms with Gasteiger partial charge in [0.05, 0.1) is 0 Å². The SMILES string of the molecule is c1ccc(-c2ccccc2-c2nc(-c3ccc(-c4ccc(-c5c6ccccc6cc6c5ccc5ccccc56)cc4)cc3)nc(-c3ccc(-c4ccc5ccccc5c4)cc3)n2)cc1. The van der Waals surface area contributed by atoms with Crippen molar-refractivity contribution in [3.63, 3.8) is 0 Å². The predicted octanol–water partition coefficient (Wildman–Crippen LogP) is 16.2. The highest BCUT2D eigenvalue weighted by atomic mass is 15.0. The molecule has 0 aliphatic rings. The summed E-state index contributed by atoms with van der Waals surface area (Å²) in [4.78, 5) is 15.5. The first kappa shape index (κ1) is 37.2. The molecule has 0 saturated heterocycles. The van der Waals surface area contributed by atoms with E-state index < -0.39 is 0 Å². The molecule has 1 heterocycles. The predicted molar refractivity (Wildman–Crippen MR) is 268 cm³/mol. The van der Waals surface area contributed by atoms with E-state index in [0.29, 0.717) is 17.5 Å². The van der Waals surface area contributed by atoms with E-state index in [9.17, 15) is 0 Å². The van der Waals surface area contributed by atoms with Crippen LogP contribution in [0.4, 0.5) is 0 Å². The van der Waals surface area contributed by atoms with Crippen molar-refractivity contribution in [3.8, 4) is 78.7 Å². The Morgan fingerprint density at radius 1 is 0.203 bits per heavy atom. The number of hydrogen-bond acceptors (Lipinski definition) is 3. The minimum absolute atomic E-state index is 0.624. The van der Waals surface area contributed by atoms with E-state index in [2.05, 4.69) is 224 Å². The van der Waals surface area contributed by atoms with Crippen LogP contribution in [0.5, 0.6) is 0 Å². The van der Waals surface area contributed by atoms with E-state index in [4.69, 9.17) is 15.0 Å². The third-order valence-corrected chi connectivity index (χ3v) is 12.5. The number of hydrogen-bond donors (Lipinski definition) is 0. The van der Waals surface area contributed by atoms with Gasteiger partial charge in [-0.05, 0) is 99.7 Å². The lowest BCUT2D eigenvalue weighted by Crippen LogP contribution is -2.01. The summed E-state index contributed by atoms with van der Waals surface area (Å²) in [5.74, 6) is 1.88. The van der Waals surface area contributed by atoms with Gasteiger partial charge in [-0.25, -0.2) is 15.0 Å². The molecule has 3 heteroatoms. The fourth-order valence-corrected chi connectivity index (χ4v) is 9.26. The van der Waals surface area contributed by atoms with Crippen LogP contribution in [0.2, 0.25) is 0 Å². The van der Waals surface area contributed by atoms with Gasteiger partial charge >= 0.3 is 0 Å². The summed E-state index contributed by atoms with van der Waals surface area (Å²) in [6.07, 6.45) is 0. The first-order valence-corrected chi connectivity index (χ1v) is 21.8. The number of fused-ring (bicyclic) bond motifs is 5. The van der Waals surface area contributed by atoms with Gasteiger partial charge in [-0.15, -0.1) is 0 Å². The Labute approximate surface area is 371 Å². The highest BCUT2D eigenvalue weighted by Crippen LogP contribution is 2.40. The molecule has 0 N–H and O–H groups in total. The van der Waals surface area contributed by atoms with Crippen molar-refractivity contribution in [2.75, 3.05) is 0 Å². The van der Waals surface area contributed by atoms with E-state index in [-0.39, 0.29) is 0 Å². The van der Waals surface area contributed by atoms with Gasteiger partial charge in [-0.2, -0.15) is 0 Å². The average molecular weight is 814 g/mol. The molecule has 0 unspecified atom stereocenters. The molecule has 0 aliphatic heterocycles. The number of benzene rings is 11. The summed E-state index contributed by atoms with van der Waals surface area (Å²) in [6.45, 7) is 0. The van der Waals surface area contributed by atoms with Crippen molar-refractivity contribution < 1.29 is 0 Å². The molecule has 11 aromatic carbocycles. The molecule has 0 amide bonds. The second-order valence-corrected chi connectivity index (χ2v) is 16.4. The van der Waals surface area contributed by atoms with Gasteiger partial charge in [0.2, 0.25) is 0 Å². The summed E-state index contributed by atoms with van der Waals surface area (Å²) >= 11 is 0. The topological polar surface area (TPSA) is 38.7 Å². The van der Waals surface area contributed by atoms with Crippen LogP contribution in [0.25, 0.3) is 122 Å². The Morgan fingerprint density at radius 2 is 0.672 bits per heavy atom. The van der Waals surface area contributed by atoms with Crippen molar-refractivity contribution in [2.24, 2.45) is 0 Å². The summed E-state index contributed by atoms with van der Waals surface area (Å²) < 4.78 is 0. The van der Waals surface area contributed by atoms with Gasteiger partial charge in [-0.1, -0.05) is 224 Å². The molecule has 12 rings (SSSR count). The minimum Gasteiger partial charge on any atom is -0.208 e. The Balaban J connectivity index is 0.914. The van der Waals surface area contributed by atoms with E-state index in [0.717, 1.165) is 44.5 Å². The molecule has 64 heavy (non-hydrogen) atoms. The largest absolute Gasteiger partial charge is 0.208 e. The maximum Gasteiger partial charge on any atom is 0.164 e. The van der Waals surface area contributed by atoms with Gasteiger partial charge < -0.3 is 0 Å². The Kier molecular flexibility index (Phi) is 9.16. The van der Waals surface area contributed by atoms with Gasteiger partial charge in [0.1, 0.15) is 0 Å². The fraction of sp³-hybridized carbons (Fsp3) is 0. The van der Waals surface area contributed by atoms with Crippen molar-refractivity contribution in [1.29, 1.82) is 0 Å². The van der Waals surface area contributed by atoms with E-state index >= 15 is 0 Å². The first-order chi connectivity index (χ1) is 31.7. The first-order valence-electron chi connectivity index (χ1n) is 21.8. The van der Waals surface area contributed by atoms with Crippen molar-refractivity contribution in [2.45, 2.75) is 0 Å². The lowest BCUT2D eigenvalue weighted by atomic mass is 9.89. The molecule has 298 valence electrons. The molecule has 12 aromatic rings. The molecule has 0 atom stereocenters. The second-order valence-electron chi connectivity index (χ2n) is 16.4. The molecule has 3 nitrogen and oxygen atoms in total. The minimum atomic E-state index is 0.624. The highest BCUT2D eigenvalue weighted by molar-refractivity contribution is 6.20. The Hall–Kier alpha value is -8.53. The monoisotopic (exact) mass is 813 g/mol. The van der Waals surface area contributed by atoms with Crippen LogP contribution in [0.3, 0.4) is 0 Å². The molecule has 0 fully saturated rings. The molecule has 0 bridgehead atoms. The average Bonchev–Trinajstić information content (AvgIpc) is 3.38. The number of nitrogens with zero attached hydrogens (tertiary/aromatic N) is 3. The summed E-state index contributed by atoms with van der Waals surface area (Å²) in [5, 5.41) is 10.0. The maximum atomic E-state index is 5.17. The van der Waals surface area contributed by atoms with Crippen molar-refractivity contribution in [3.05, 3.63) is 237 Å². The molecule has 0 spiro atoms. The van der Waals surface area contributed by atoms with Crippen LogP contribution < -0.4 is 0 Å². The van der Waals surface area contributed by atoms with Crippen LogP contribution >= 0.6 is 0 Å². The number of rotatable bonds is 7. The summed E-state index contributed by atoms with van der Waals surface area (Å²) in [5.41, 5.74) is 12.0. The normalized spacial score (nSPS) is 11.4. The van der Waals surface area contributed by atoms with E-state index in [1.54, 1.807) is 0 Å².